The normalized spacial score (nSPS) is 34.5. The Morgan fingerprint density at radius 2 is 2.29 bits per heavy atom. The number of carbonyl (C=O) groups excluding carboxylic acids is 2. The summed E-state index contributed by atoms with van der Waals surface area (Å²) >= 11 is 1.51. The van der Waals surface area contributed by atoms with Gasteiger partial charge in [-0.05, 0) is 13.8 Å². The molecule has 0 aromatic heterocycles. The van der Waals surface area contributed by atoms with Crippen molar-refractivity contribution in [3.63, 3.8) is 0 Å². The van der Waals surface area contributed by atoms with Gasteiger partial charge in [0.1, 0.15) is 11.4 Å². The fourth-order valence-electron chi connectivity index (χ4n) is 2.37. The van der Waals surface area contributed by atoms with Crippen LogP contribution in [0.4, 0.5) is 4.79 Å². The molecule has 3 atom stereocenters. The topological polar surface area (TPSA) is 78.9 Å². The number of hydrogen-bond acceptors (Lipinski definition) is 5. The molecule has 0 saturated carbocycles. The van der Waals surface area contributed by atoms with Crippen LogP contribution in [0.15, 0.2) is 0 Å². The van der Waals surface area contributed by atoms with Gasteiger partial charge in [-0.15, -0.1) is 11.8 Å². The molecule has 0 unspecified atom stereocenters. The number of hydrogen-bond donors (Lipinski definition) is 2. The van der Waals surface area contributed by atoms with E-state index in [2.05, 4.69) is 5.32 Å². The average Bonchev–Trinajstić information content (AvgIpc) is 2.70. The van der Waals surface area contributed by atoms with Gasteiger partial charge in [0.2, 0.25) is 0 Å². The molecule has 17 heavy (non-hydrogen) atoms. The molecule has 2 amide bonds. The van der Waals surface area contributed by atoms with Crippen molar-refractivity contribution in [2.75, 3.05) is 13.7 Å². The summed E-state index contributed by atoms with van der Waals surface area (Å²) in [5.41, 5.74) is 0. The molecule has 2 aliphatic rings. The van der Waals surface area contributed by atoms with E-state index in [0.717, 1.165) is 0 Å². The zero-order valence-electron chi connectivity index (χ0n) is 9.97. The van der Waals surface area contributed by atoms with Gasteiger partial charge in [-0.2, -0.15) is 0 Å². The van der Waals surface area contributed by atoms with E-state index in [4.69, 9.17) is 4.74 Å². The number of nitrogens with one attached hydrogen (secondary N) is 1. The highest BCUT2D eigenvalue weighted by Gasteiger charge is 2.59. The SMILES string of the molecule is COC(=O)[C@@H]1N2C(=O)N[C@H](CO)[C@H]2SC1(C)C. The molecule has 0 bridgehead atoms. The Morgan fingerprint density at radius 1 is 1.65 bits per heavy atom. The third-order valence-corrected chi connectivity index (χ3v) is 4.77. The summed E-state index contributed by atoms with van der Waals surface area (Å²) < 4.78 is 4.34. The number of esters is 1. The standard InChI is InChI=1S/C10H16N2O4S/c1-10(2)6(8(14)16-3)12-7(17-10)5(4-13)11-9(12)15/h5-7,13H,4H2,1-3H3,(H,11,15)/t5-,6+,7-/m1/s1. The number of ether oxygens (including phenoxy) is 1. The molecule has 7 heteroatoms. The minimum absolute atomic E-state index is 0.135. The maximum absolute atomic E-state index is 11.8. The second-order valence-corrected chi connectivity index (χ2v) is 6.45. The van der Waals surface area contributed by atoms with Crippen molar-refractivity contribution in [3.8, 4) is 0 Å². The summed E-state index contributed by atoms with van der Waals surface area (Å²) in [6.07, 6.45) is 0. The van der Waals surface area contributed by atoms with Crippen molar-refractivity contribution in [1.29, 1.82) is 0 Å². The largest absolute Gasteiger partial charge is 0.467 e. The first-order valence-electron chi connectivity index (χ1n) is 5.37. The van der Waals surface area contributed by atoms with Crippen molar-refractivity contribution >= 4 is 23.8 Å². The lowest BCUT2D eigenvalue weighted by molar-refractivity contribution is -0.146. The lowest BCUT2D eigenvalue weighted by Crippen LogP contribution is -2.49. The fourth-order valence-corrected chi connectivity index (χ4v) is 3.98. The van der Waals surface area contributed by atoms with Gasteiger partial charge in [-0.1, -0.05) is 0 Å². The molecule has 2 rings (SSSR count). The van der Waals surface area contributed by atoms with Gasteiger partial charge in [0.25, 0.3) is 0 Å². The van der Waals surface area contributed by atoms with Crippen LogP contribution in [0.25, 0.3) is 0 Å². The van der Waals surface area contributed by atoms with E-state index in [1.807, 2.05) is 13.8 Å². The molecule has 2 fully saturated rings. The van der Waals surface area contributed by atoms with E-state index in [1.54, 1.807) is 0 Å². The number of urea groups is 1. The summed E-state index contributed by atoms with van der Waals surface area (Å²) in [6, 6.07) is -1.26. The summed E-state index contributed by atoms with van der Waals surface area (Å²) in [6.45, 7) is 3.67. The van der Waals surface area contributed by atoms with Gasteiger partial charge in [0.05, 0.1) is 19.8 Å². The van der Waals surface area contributed by atoms with Crippen LogP contribution in [-0.4, -0.2) is 57.9 Å². The fraction of sp³-hybridized carbons (Fsp3) is 0.800. The Bertz CT molecular complexity index is 360. The van der Waals surface area contributed by atoms with Crippen LogP contribution in [0.3, 0.4) is 0 Å². The van der Waals surface area contributed by atoms with Crippen molar-refractivity contribution in [2.45, 2.75) is 36.1 Å². The average molecular weight is 260 g/mol. The second-order valence-electron chi connectivity index (χ2n) is 4.68. The van der Waals surface area contributed by atoms with Crippen LogP contribution in [-0.2, 0) is 9.53 Å². The van der Waals surface area contributed by atoms with E-state index < -0.39 is 16.8 Å². The van der Waals surface area contributed by atoms with Crippen molar-refractivity contribution in [3.05, 3.63) is 0 Å². The van der Waals surface area contributed by atoms with Gasteiger partial charge in [0.15, 0.2) is 0 Å². The lowest BCUT2D eigenvalue weighted by Gasteiger charge is -2.27. The maximum Gasteiger partial charge on any atom is 0.330 e. The van der Waals surface area contributed by atoms with Gasteiger partial charge in [-0.25, -0.2) is 9.59 Å². The number of rotatable bonds is 2. The van der Waals surface area contributed by atoms with Gasteiger partial charge in [0, 0.05) is 4.75 Å². The maximum atomic E-state index is 11.8. The third-order valence-electron chi connectivity index (χ3n) is 3.14. The molecule has 2 aliphatic heterocycles. The van der Waals surface area contributed by atoms with Gasteiger partial charge < -0.3 is 15.2 Å². The third kappa shape index (κ3) is 1.77. The molecular formula is C10H16N2O4S. The zero-order valence-corrected chi connectivity index (χ0v) is 10.8. The Hall–Kier alpha value is -0.950. The molecule has 0 spiro atoms. The molecule has 2 N–H and O–H groups in total. The molecule has 0 aromatic rings. The number of fused-ring (bicyclic) bond motifs is 1. The number of aliphatic hydroxyl groups excluding tert-OH is 1. The van der Waals surface area contributed by atoms with Gasteiger partial charge in [-0.3, -0.25) is 4.90 Å². The summed E-state index contributed by atoms with van der Waals surface area (Å²) in [5.74, 6) is -0.418. The van der Waals surface area contributed by atoms with E-state index >= 15 is 0 Å². The van der Waals surface area contributed by atoms with Crippen LogP contribution < -0.4 is 5.32 Å². The quantitative estimate of drug-likeness (QED) is 0.670. The molecule has 2 heterocycles. The second kappa shape index (κ2) is 4.06. The van der Waals surface area contributed by atoms with E-state index in [-0.39, 0.29) is 24.1 Å². The highest BCUT2D eigenvalue weighted by molar-refractivity contribution is 8.01. The number of methoxy groups -OCH3 is 1. The monoisotopic (exact) mass is 260 g/mol. The molecule has 0 aliphatic carbocycles. The smallest absolute Gasteiger partial charge is 0.330 e. The van der Waals surface area contributed by atoms with E-state index in [0.29, 0.717) is 0 Å². The number of thioether (sulfide) groups is 1. The molecule has 0 aromatic carbocycles. The summed E-state index contributed by atoms with van der Waals surface area (Å²) in [5, 5.41) is 11.7. The number of amides is 2. The van der Waals surface area contributed by atoms with Crippen molar-refractivity contribution in [1.82, 2.24) is 10.2 Å². The van der Waals surface area contributed by atoms with Crippen LogP contribution in [0.1, 0.15) is 13.8 Å². The van der Waals surface area contributed by atoms with Crippen LogP contribution in [0.2, 0.25) is 0 Å². The Labute approximate surface area is 104 Å². The predicted octanol–water partition coefficient (Wildman–Crippen LogP) is -0.234. The highest BCUT2D eigenvalue weighted by atomic mass is 32.2. The summed E-state index contributed by atoms with van der Waals surface area (Å²) in [7, 11) is 1.31. The van der Waals surface area contributed by atoms with Crippen LogP contribution >= 0.6 is 11.8 Å². The Morgan fingerprint density at radius 3 is 2.82 bits per heavy atom. The number of carbonyl (C=O) groups is 2. The highest BCUT2D eigenvalue weighted by Crippen LogP contribution is 2.47. The molecular weight excluding hydrogens is 244 g/mol. The zero-order chi connectivity index (χ0) is 12.8. The van der Waals surface area contributed by atoms with Crippen molar-refractivity contribution in [2.24, 2.45) is 0 Å². The number of nitrogens with zero attached hydrogens (tertiary/aromatic N) is 1. The van der Waals surface area contributed by atoms with E-state index in [1.165, 1.54) is 23.8 Å². The summed E-state index contributed by atoms with van der Waals surface area (Å²) in [4.78, 5) is 25.1. The first-order valence-corrected chi connectivity index (χ1v) is 6.25. The molecule has 6 nitrogen and oxygen atoms in total. The van der Waals surface area contributed by atoms with Gasteiger partial charge >= 0.3 is 12.0 Å². The number of aliphatic hydroxyl groups is 1. The molecule has 0 radical (unpaired) electrons. The minimum Gasteiger partial charge on any atom is -0.467 e. The van der Waals surface area contributed by atoms with Crippen molar-refractivity contribution < 1.29 is 19.4 Å². The minimum atomic E-state index is -0.612. The lowest BCUT2D eigenvalue weighted by atomic mass is 10.0. The van der Waals surface area contributed by atoms with E-state index in [9.17, 15) is 14.7 Å². The first-order chi connectivity index (χ1) is 7.92. The Balaban J connectivity index is 2.33. The van der Waals surface area contributed by atoms with Crippen LogP contribution in [0.5, 0.6) is 0 Å². The first kappa shape index (κ1) is 12.5. The molecule has 2 saturated heterocycles. The molecule has 96 valence electrons. The predicted molar refractivity (Wildman–Crippen MR) is 62.5 cm³/mol. The van der Waals surface area contributed by atoms with Crippen LogP contribution in [0, 0.1) is 0 Å². The Kier molecular flexibility index (Phi) is 2.99.